The van der Waals surface area contributed by atoms with Gasteiger partial charge in [0, 0.05) is 16.3 Å². The highest BCUT2D eigenvalue weighted by Crippen LogP contribution is 2.28. The van der Waals surface area contributed by atoms with Crippen LogP contribution in [0.2, 0.25) is 0 Å². The maximum atomic E-state index is 12.0. The van der Waals surface area contributed by atoms with Crippen molar-refractivity contribution in [2.45, 2.75) is 19.3 Å². The van der Waals surface area contributed by atoms with Gasteiger partial charge in [0.2, 0.25) is 5.91 Å². The maximum Gasteiger partial charge on any atom is 0.411 e. The van der Waals surface area contributed by atoms with Crippen LogP contribution >= 0.6 is 11.3 Å². The number of carbonyl (C=O) groups excluding carboxylic acids is 1. The molecule has 1 N–H and O–H groups in total. The third kappa shape index (κ3) is 3.94. The molecule has 0 saturated carbocycles. The van der Waals surface area contributed by atoms with Gasteiger partial charge in [0.1, 0.15) is 12.8 Å². The summed E-state index contributed by atoms with van der Waals surface area (Å²) in [6.07, 6.45) is -4.60. The van der Waals surface area contributed by atoms with E-state index in [1.165, 1.54) is 4.90 Å². The molecular formula is C12H15F3N2O2S. The number of halogens is 3. The predicted molar refractivity (Wildman–Crippen MR) is 68.4 cm³/mol. The Kier molecular flexibility index (Phi) is 4.66. The van der Waals surface area contributed by atoms with Gasteiger partial charge in [-0.25, -0.2) is 0 Å². The molecule has 2 rings (SSSR count). The fourth-order valence-corrected chi connectivity index (χ4v) is 2.97. The van der Waals surface area contributed by atoms with E-state index >= 15 is 0 Å². The molecule has 0 spiro atoms. The molecule has 20 heavy (non-hydrogen) atoms. The summed E-state index contributed by atoms with van der Waals surface area (Å²) in [5.41, 5.74) is 0. The Morgan fingerprint density at radius 3 is 2.85 bits per heavy atom. The van der Waals surface area contributed by atoms with Crippen LogP contribution in [-0.2, 0) is 9.53 Å². The summed E-state index contributed by atoms with van der Waals surface area (Å²) >= 11 is 1.56. The first-order valence-electron chi connectivity index (χ1n) is 6.10. The average molecular weight is 308 g/mol. The van der Waals surface area contributed by atoms with Gasteiger partial charge in [-0.2, -0.15) is 13.2 Å². The van der Waals surface area contributed by atoms with Crippen molar-refractivity contribution in [1.82, 2.24) is 10.2 Å². The van der Waals surface area contributed by atoms with Crippen LogP contribution in [0.5, 0.6) is 0 Å². The van der Waals surface area contributed by atoms with Gasteiger partial charge in [-0.15, -0.1) is 11.3 Å². The molecule has 4 nitrogen and oxygen atoms in total. The molecule has 1 aliphatic heterocycles. The van der Waals surface area contributed by atoms with Crippen molar-refractivity contribution in [3.63, 3.8) is 0 Å². The predicted octanol–water partition coefficient (Wildman–Crippen LogP) is 2.07. The van der Waals surface area contributed by atoms with Crippen LogP contribution < -0.4 is 5.32 Å². The zero-order valence-corrected chi connectivity index (χ0v) is 11.7. The first kappa shape index (κ1) is 15.3. The molecule has 1 atom stereocenters. The van der Waals surface area contributed by atoms with Gasteiger partial charge in [-0.1, -0.05) is 0 Å². The van der Waals surface area contributed by atoms with Crippen molar-refractivity contribution in [1.29, 1.82) is 0 Å². The zero-order valence-electron chi connectivity index (χ0n) is 10.9. The number of amides is 1. The zero-order chi connectivity index (χ0) is 14.8. The van der Waals surface area contributed by atoms with E-state index in [-0.39, 0.29) is 31.8 Å². The molecule has 0 aliphatic carbocycles. The number of alkyl halides is 3. The molecule has 1 aromatic heterocycles. The van der Waals surface area contributed by atoms with E-state index in [1.54, 1.807) is 11.3 Å². The third-order valence-corrected chi connectivity index (χ3v) is 3.90. The van der Waals surface area contributed by atoms with E-state index in [2.05, 4.69) is 10.1 Å². The van der Waals surface area contributed by atoms with Crippen LogP contribution in [0.25, 0.3) is 0 Å². The second-order valence-corrected chi connectivity index (χ2v) is 5.81. The second-order valence-electron chi connectivity index (χ2n) is 4.49. The molecular weight excluding hydrogens is 293 g/mol. The summed E-state index contributed by atoms with van der Waals surface area (Å²) in [5.74, 6) is -0.128. The lowest BCUT2D eigenvalue weighted by molar-refractivity contribution is -0.174. The van der Waals surface area contributed by atoms with Gasteiger partial charge in [-0.3, -0.25) is 10.1 Å². The van der Waals surface area contributed by atoms with Crippen molar-refractivity contribution in [3.8, 4) is 0 Å². The smallest absolute Gasteiger partial charge is 0.370 e. The molecule has 1 aromatic rings. The van der Waals surface area contributed by atoms with Gasteiger partial charge in [0.25, 0.3) is 0 Å². The molecule has 2 heterocycles. The summed E-state index contributed by atoms with van der Waals surface area (Å²) in [6.45, 7) is 0.880. The Labute approximate surface area is 118 Å². The monoisotopic (exact) mass is 308 g/mol. The fourth-order valence-electron chi connectivity index (χ4n) is 2.00. The molecule has 0 aromatic carbocycles. The van der Waals surface area contributed by atoms with E-state index in [0.717, 1.165) is 9.75 Å². The molecule has 1 aliphatic rings. The molecule has 1 unspecified atom stereocenters. The topological polar surface area (TPSA) is 41.6 Å². The van der Waals surface area contributed by atoms with Crippen molar-refractivity contribution in [2.75, 3.05) is 26.3 Å². The van der Waals surface area contributed by atoms with E-state index in [0.29, 0.717) is 0 Å². The number of aryl methyl sites for hydroxylation is 1. The Bertz CT molecular complexity index is 476. The van der Waals surface area contributed by atoms with E-state index in [4.69, 9.17) is 0 Å². The Morgan fingerprint density at radius 1 is 1.50 bits per heavy atom. The van der Waals surface area contributed by atoms with Crippen LogP contribution in [-0.4, -0.2) is 43.3 Å². The maximum absolute atomic E-state index is 12.0. The van der Waals surface area contributed by atoms with Crippen LogP contribution in [0.4, 0.5) is 13.2 Å². The van der Waals surface area contributed by atoms with Crippen LogP contribution in [0.15, 0.2) is 12.1 Å². The van der Waals surface area contributed by atoms with Crippen LogP contribution in [0.3, 0.4) is 0 Å². The van der Waals surface area contributed by atoms with E-state index < -0.39 is 12.8 Å². The minimum absolute atomic E-state index is 0.128. The number of ether oxygens (including phenoxy) is 1. The highest BCUT2D eigenvalue weighted by atomic mass is 32.1. The van der Waals surface area contributed by atoms with Crippen molar-refractivity contribution in [3.05, 3.63) is 21.9 Å². The highest BCUT2D eigenvalue weighted by Gasteiger charge is 2.32. The first-order valence-corrected chi connectivity index (χ1v) is 6.92. The van der Waals surface area contributed by atoms with Crippen LogP contribution in [0.1, 0.15) is 15.9 Å². The number of carbonyl (C=O) groups is 1. The summed E-state index contributed by atoms with van der Waals surface area (Å²) < 4.78 is 40.4. The second kappa shape index (κ2) is 6.11. The van der Waals surface area contributed by atoms with Gasteiger partial charge >= 0.3 is 6.18 Å². The van der Waals surface area contributed by atoms with Crippen molar-refractivity contribution in [2.24, 2.45) is 0 Å². The highest BCUT2D eigenvalue weighted by molar-refractivity contribution is 7.12. The van der Waals surface area contributed by atoms with Gasteiger partial charge in [0.05, 0.1) is 13.2 Å². The normalized spacial score (nSPS) is 19.9. The lowest BCUT2D eigenvalue weighted by Crippen LogP contribution is -2.33. The lowest BCUT2D eigenvalue weighted by Gasteiger charge is -2.23. The number of thiophene rings is 1. The van der Waals surface area contributed by atoms with E-state index in [1.807, 2.05) is 19.1 Å². The Hall–Kier alpha value is -1.12. The number of hydrogen-bond donors (Lipinski definition) is 1. The van der Waals surface area contributed by atoms with Gasteiger partial charge in [-0.05, 0) is 19.1 Å². The molecule has 1 fully saturated rings. The molecule has 1 amide bonds. The van der Waals surface area contributed by atoms with Gasteiger partial charge in [0.15, 0.2) is 0 Å². The Balaban J connectivity index is 1.89. The number of nitrogens with one attached hydrogen (secondary N) is 1. The minimum atomic E-state index is -4.34. The van der Waals surface area contributed by atoms with Crippen molar-refractivity contribution >= 4 is 17.2 Å². The molecule has 0 bridgehead atoms. The van der Waals surface area contributed by atoms with E-state index in [9.17, 15) is 18.0 Å². The molecule has 1 saturated heterocycles. The lowest BCUT2D eigenvalue weighted by atomic mass is 10.3. The number of nitrogens with zero attached hydrogens (tertiary/aromatic N) is 1. The quantitative estimate of drug-likeness (QED) is 0.847. The summed E-state index contributed by atoms with van der Waals surface area (Å²) in [6, 6.07) is 3.86. The first-order chi connectivity index (χ1) is 9.37. The summed E-state index contributed by atoms with van der Waals surface area (Å²) in [4.78, 5) is 15.4. The van der Waals surface area contributed by atoms with Crippen molar-refractivity contribution < 1.29 is 22.7 Å². The Morgan fingerprint density at radius 2 is 2.25 bits per heavy atom. The standard InChI is InChI=1S/C12H15F3N2O2S/c1-8-2-3-9(20-8)11-16-6-10(18)17(11)4-5-19-7-12(13,14)15/h2-3,11,16H,4-7H2,1H3. The average Bonchev–Trinajstić information content (AvgIpc) is 2.90. The largest absolute Gasteiger partial charge is 0.411 e. The number of hydrogen-bond acceptors (Lipinski definition) is 4. The molecule has 0 radical (unpaired) electrons. The summed E-state index contributed by atoms with van der Waals surface area (Å²) in [5, 5.41) is 3.05. The SMILES string of the molecule is Cc1ccc(C2NCC(=O)N2CCOCC(F)(F)F)s1. The molecule has 8 heteroatoms. The fraction of sp³-hybridized carbons (Fsp3) is 0.583. The molecule has 112 valence electrons. The minimum Gasteiger partial charge on any atom is -0.370 e. The number of rotatable bonds is 5. The summed E-state index contributed by atoms with van der Waals surface area (Å²) in [7, 11) is 0. The third-order valence-electron chi connectivity index (χ3n) is 2.85. The van der Waals surface area contributed by atoms with Gasteiger partial charge < -0.3 is 9.64 Å². The van der Waals surface area contributed by atoms with Crippen LogP contribution in [0, 0.1) is 6.92 Å².